The molecule has 0 aromatic carbocycles. The van der Waals surface area contributed by atoms with Crippen molar-refractivity contribution in [2.45, 2.75) is 53.6 Å². The average Bonchev–Trinajstić information content (AvgIpc) is 2.00. The average molecular weight is 208 g/mol. The van der Waals surface area contributed by atoms with E-state index in [1.807, 2.05) is 0 Å². The Kier molecular flexibility index (Phi) is 2.90. The van der Waals surface area contributed by atoms with E-state index in [4.69, 9.17) is 0 Å². The molecule has 0 bridgehead atoms. The summed E-state index contributed by atoms with van der Waals surface area (Å²) in [5.41, 5.74) is 0.328. The van der Waals surface area contributed by atoms with Crippen LogP contribution in [0.15, 0.2) is 23.8 Å². The molecule has 1 atom stereocenters. The minimum absolute atomic E-state index is 0.0206. The van der Waals surface area contributed by atoms with Crippen molar-refractivity contribution in [1.82, 2.24) is 0 Å². The molecular formula is C14H24O. The third-order valence-electron chi connectivity index (χ3n) is 3.31. The molecule has 86 valence electrons. The van der Waals surface area contributed by atoms with Gasteiger partial charge >= 0.3 is 0 Å². The molecule has 0 aliphatic heterocycles. The van der Waals surface area contributed by atoms with E-state index < -0.39 is 5.60 Å². The van der Waals surface area contributed by atoms with Crippen LogP contribution in [0.5, 0.6) is 0 Å². The van der Waals surface area contributed by atoms with Gasteiger partial charge in [-0.2, -0.15) is 0 Å². The molecule has 0 saturated carbocycles. The molecule has 1 heteroatoms. The van der Waals surface area contributed by atoms with Gasteiger partial charge in [0.1, 0.15) is 0 Å². The zero-order chi connectivity index (χ0) is 11.9. The summed E-state index contributed by atoms with van der Waals surface area (Å²) in [4.78, 5) is 0. The van der Waals surface area contributed by atoms with Gasteiger partial charge in [-0.15, -0.1) is 0 Å². The Bertz CT molecular complexity index is 296. The van der Waals surface area contributed by atoms with Gasteiger partial charge in [-0.3, -0.25) is 0 Å². The Hall–Kier alpha value is -0.560. The molecule has 1 aliphatic carbocycles. The van der Waals surface area contributed by atoms with E-state index in [1.165, 1.54) is 0 Å². The largest absolute Gasteiger partial charge is 0.385 e. The number of allylic oxidation sites excluding steroid dienone is 2. The Morgan fingerprint density at radius 1 is 1.13 bits per heavy atom. The van der Waals surface area contributed by atoms with Gasteiger partial charge in [0.25, 0.3) is 0 Å². The summed E-state index contributed by atoms with van der Waals surface area (Å²) in [5.74, 6) is 0. The van der Waals surface area contributed by atoms with Crippen LogP contribution in [-0.4, -0.2) is 10.7 Å². The molecule has 0 spiro atoms. The minimum atomic E-state index is -0.708. The van der Waals surface area contributed by atoms with Crippen LogP contribution in [0.25, 0.3) is 0 Å². The van der Waals surface area contributed by atoms with Crippen LogP contribution >= 0.6 is 0 Å². The first kappa shape index (κ1) is 12.5. The predicted octanol–water partition coefficient (Wildman–Crippen LogP) is 3.70. The Labute approximate surface area is 93.9 Å². The summed E-state index contributed by atoms with van der Waals surface area (Å²) in [6, 6.07) is 0. The highest BCUT2D eigenvalue weighted by Gasteiger charge is 2.46. The minimum Gasteiger partial charge on any atom is -0.385 e. The summed E-state index contributed by atoms with van der Waals surface area (Å²) >= 11 is 0. The van der Waals surface area contributed by atoms with Gasteiger partial charge in [0.2, 0.25) is 0 Å². The lowest BCUT2D eigenvalue weighted by molar-refractivity contribution is -0.0360. The monoisotopic (exact) mass is 208 g/mol. The molecule has 1 N–H and O–H groups in total. The molecule has 0 fully saturated rings. The zero-order valence-electron chi connectivity index (χ0n) is 10.9. The molecular weight excluding hydrogens is 184 g/mol. The highest BCUT2D eigenvalue weighted by atomic mass is 16.3. The number of hydrogen-bond acceptors (Lipinski definition) is 1. The fourth-order valence-electron chi connectivity index (χ4n) is 2.23. The molecule has 15 heavy (non-hydrogen) atoms. The van der Waals surface area contributed by atoms with E-state index in [0.29, 0.717) is 0 Å². The summed E-state index contributed by atoms with van der Waals surface area (Å²) < 4.78 is 0. The summed E-state index contributed by atoms with van der Waals surface area (Å²) in [6.07, 6.45) is 6.91. The molecule has 0 aromatic heterocycles. The van der Waals surface area contributed by atoms with Gasteiger partial charge in [-0.1, -0.05) is 59.8 Å². The van der Waals surface area contributed by atoms with Gasteiger partial charge in [-0.25, -0.2) is 0 Å². The molecule has 0 saturated heterocycles. The maximum absolute atomic E-state index is 10.9. The quantitative estimate of drug-likeness (QED) is 0.643. The third kappa shape index (κ3) is 2.17. The van der Waals surface area contributed by atoms with E-state index in [1.54, 1.807) is 0 Å². The van der Waals surface area contributed by atoms with Gasteiger partial charge in [0.15, 0.2) is 0 Å². The molecule has 0 amide bonds. The van der Waals surface area contributed by atoms with E-state index in [9.17, 15) is 5.11 Å². The maximum Gasteiger partial charge on any atom is 0.0947 e. The normalized spacial score (nSPS) is 27.8. The lowest BCUT2D eigenvalue weighted by Gasteiger charge is -2.47. The van der Waals surface area contributed by atoms with E-state index in [0.717, 1.165) is 12.0 Å². The molecule has 0 heterocycles. The fourth-order valence-corrected chi connectivity index (χ4v) is 2.23. The van der Waals surface area contributed by atoms with Crippen molar-refractivity contribution in [3.8, 4) is 0 Å². The molecule has 1 nitrogen and oxygen atoms in total. The molecule has 1 aliphatic rings. The van der Waals surface area contributed by atoms with Crippen molar-refractivity contribution in [1.29, 1.82) is 0 Å². The second-order valence-corrected chi connectivity index (χ2v) is 6.57. The first-order valence-corrected chi connectivity index (χ1v) is 5.69. The van der Waals surface area contributed by atoms with Crippen LogP contribution in [-0.2, 0) is 0 Å². The van der Waals surface area contributed by atoms with Crippen molar-refractivity contribution in [2.75, 3.05) is 0 Å². The van der Waals surface area contributed by atoms with Crippen LogP contribution in [0.1, 0.15) is 48.0 Å². The van der Waals surface area contributed by atoms with Gasteiger partial charge in [0, 0.05) is 0 Å². The van der Waals surface area contributed by atoms with Crippen molar-refractivity contribution in [2.24, 2.45) is 10.8 Å². The number of hydrogen-bond donors (Lipinski definition) is 1. The van der Waals surface area contributed by atoms with Crippen LogP contribution in [0, 0.1) is 10.8 Å². The second-order valence-electron chi connectivity index (χ2n) is 6.57. The first-order chi connectivity index (χ1) is 6.59. The molecule has 1 unspecified atom stereocenters. The Balaban J connectivity index is 3.22. The number of rotatable bonds is 0. The topological polar surface area (TPSA) is 20.2 Å². The summed E-state index contributed by atoms with van der Waals surface area (Å²) in [6.45, 7) is 12.8. The van der Waals surface area contributed by atoms with Crippen LogP contribution in [0.3, 0.4) is 0 Å². The van der Waals surface area contributed by atoms with Crippen molar-refractivity contribution in [3.63, 3.8) is 0 Å². The van der Waals surface area contributed by atoms with Gasteiger partial charge in [0.05, 0.1) is 5.60 Å². The molecule has 1 rings (SSSR count). The predicted molar refractivity (Wildman–Crippen MR) is 65.7 cm³/mol. The zero-order valence-corrected chi connectivity index (χ0v) is 10.9. The van der Waals surface area contributed by atoms with Gasteiger partial charge in [-0.05, 0) is 22.8 Å². The smallest absolute Gasteiger partial charge is 0.0947 e. The molecule has 0 radical (unpaired) electrons. The fraction of sp³-hybridized carbons (Fsp3) is 0.714. The lowest BCUT2D eigenvalue weighted by atomic mass is 9.62. The summed E-state index contributed by atoms with van der Waals surface area (Å²) in [7, 11) is 0. The highest BCUT2D eigenvalue weighted by Crippen LogP contribution is 2.47. The van der Waals surface area contributed by atoms with E-state index >= 15 is 0 Å². The lowest BCUT2D eigenvalue weighted by Crippen LogP contribution is -2.48. The van der Waals surface area contributed by atoms with Crippen LogP contribution in [0.4, 0.5) is 0 Å². The standard InChI is InChI=1S/C14H24O/c1-12(2,3)11-9-7-8-10-14(11,15)13(4,5)6/h7-9,15H,10H2,1-6H3. The highest BCUT2D eigenvalue weighted by molar-refractivity contribution is 5.34. The Morgan fingerprint density at radius 2 is 1.67 bits per heavy atom. The van der Waals surface area contributed by atoms with Gasteiger partial charge < -0.3 is 5.11 Å². The van der Waals surface area contributed by atoms with Crippen LogP contribution in [0.2, 0.25) is 0 Å². The number of aliphatic hydroxyl groups is 1. The van der Waals surface area contributed by atoms with Crippen LogP contribution < -0.4 is 0 Å². The van der Waals surface area contributed by atoms with Crippen molar-refractivity contribution in [3.05, 3.63) is 23.8 Å². The SMILES string of the molecule is CC(C)(C)C1=CC=CCC1(O)C(C)(C)C. The second kappa shape index (κ2) is 3.48. The molecule has 0 aromatic rings. The Morgan fingerprint density at radius 3 is 2.00 bits per heavy atom. The summed E-state index contributed by atoms with van der Waals surface area (Å²) in [5, 5.41) is 10.9. The third-order valence-corrected chi connectivity index (χ3v) is 3.31. The van der Waals surface area contributed by atoms with Crippen molar-refractivity contribution >= 4 is 0 Å². The maximum atomic E-state index is 10.9. The first-order valence-electron chi connectivity index (χ1n) is 5.69. The van der Waals surface area contributed by atoms with E-state index in [-0.39, 0.29) is 10.8 Å². The van der Waals surface area contributed by atoms with Crippen molar-refractivity contribution < 1.29 is 5.11 Å². The van der Waals surface area contributed by atoms with E-state index in [2.05, 4.69) is 59.8 Å².